The van der Waals surface area contributed by atoms with Crippen molar-refractivity contribution in [1.29, 1.82) is 0 Å². The van der Waals surface area contributed by atoms with Crippen molar-refractivity contribution in [3.8, 4) is 0 Å². The molecule has 0 amide bonds. The number of hydrogen-bond acceptors (Lipinski definition) is 2. The van der Waals surface area contributed by atoms with Crippen LogP contribution in [0.5, 0.6) is 0 Å². The van der Waals surface area contributed by atoms with Crippen LogP contribution in [0.4, 0.5) is 0 Å². The Hall–Kier alpha value is -0.840. The van der Waals surface area contributed by atoms with Gasteiger partial charge in [-0.05, 0) is 42.5 Å². The molecule has 2 nitrogen and oxygen atoms in total. The average molecular weight is 332 g/mol. The molecule has 0 aliphatic carbocycles. The lowest BCUT2D eigenvalue weighted by Crippen LogP contribution is -2.01. The fourth-order valence-corrected chi connectivity index (χ4v) is 3.37. The molecule has 0 saturated carbocycles. The highest BCUT2D eigenvalue weighted by atomic mass is 79.9. The van der Waals surface area contributed by atoms with Crippen molar-refractivity contribution in [2.75, 3.05) is 0 Å². The van der Waals surface area contributed by atoms with E-state index >= 15 is 0 Å². The van der Waals surface area contributed by atoms with E-state index in [0.717, 1.165) is 4.47 Å². The molecule has 2 aromatic rings. The molecule has 0 aliphatic rings. The first-order chi connectivity index (χ1) is 8.00. The maximum absolute atomic E-state index is 12.2. The molecule has 0 unspecified atom stereocenters. The predicted molar refractivity (Wildman–Crippen MR) is 71.0 cm³/mol. The van der Waals surface area contributed by atoms with Gasteiger partial charge in [-0.25, -0.2) is 8.42 Å². The van der Waals surface area contributed by atoms with Crippen molar-refractivity contribution < 1.29 is 8.42 Å². The molecule has 0 aliphatic heterocycles. The quantitative estimate of drug-likeness (QED) is 0.835. The summed E-state index contributed by atoms with van der Waals surface area (Å²) in [6.45, 7) is 0. The molecule has 0 N–H and O–H groups in total. The first kappa shape index (κ1) is 12.6. The monoisotopic (exact) mass is 330 g/mol. The minimum absolute atomic E-state index is 0.236. The number of sulfone groups is 1. The van der Waals surface area contributed by atoms with Crippen molar-refractivity contribution in [3.63, 3.8) is 0 Å². The Kier molecular flexibility index (Phi) is 3.56. The molecule has 0 radical (unpaired) electrons. The van der Waals surface area contributed by atoms with E-state index in [1.165, 1.54) is 12.1 Å². The van der Waals surface area contributed by atoms with Crippen LogP contribution in [0.15, 0.2) is 62.8 Å². The van der Waals surface area contributed by atoms with Gasteiger partial charge in [0.2, 0.25) is 9.84 Å². The minimum Gasteiger partial charge on any atom is -0.219 e. The summed E-state index contributed by atoms with van der Waals surface area (Å²) in [6, 6.07) is 12.7. The van der Waals surface area contributed by atoms with Crippen molar-refractivity contribution in [1.82, 2.24) is 0 Å². The molecule has 88 valence electrons. The van der Waals surface area contributed by atoms with E-state index in [1.54, 1.807) is 36.4 Å². The van der Waals surface area contributed by atoms with Crippen LogP contribution >= 0.6 is 27.5 Å². The molecule has 0 aromatic heterocycles. The van der Waals surface area contributed by atoms with E-state index < -0.39 is 9.84 Å². The lowest BCUT2D eigenvalue weighted by atomic mass is 10.4. The third-order valence-corrected chi connectivity index (χ3v) is 4.74. The van der Waals surface area contributed by atoms with Crippen LogP contribution in [-0.2, 0) is 9.84 Å². The smallest absolute Gasteiger partial charge is 0.206 e. The maximum Gasteiger partial charge on any atom is 0.206 e. The molecule has 0 saturated heterocycles. The Morgan fingerprint density at radius 2 is 1.59 bits per heavy atom. The Morgan fingerprint density at radius 3 is 2.18 bits per heavy atom. The third-order valence-electron chi connectivity index (χ3n) is 2.23. The molecule has 5 heteroatoms. The second kappa shape index (κ2) is 4.80. The van der Waals surface area contributed by atoms with E-state index in [1.807, 2.05) is 0 Å². The summed E-state index contributed by atoms with van der Waals surface area (Å²) >= 11 is 8.98. The Balaban J connectivity index is 2.54. The zero-order chi connectivity index (χ0) is 12.5. The van der Waals surface area contributed by atoms with Gasteiger partial charge in [0.25, 0.3) is 0 Å². The van der Waals surface area contributed by atoms with Gasteiger partial charge in [0.15, 0.2) is 0 Å². The van der Waals surface area contributed by atoms with Crippen molar-refractivity contribution in [3.05, 3.63) is 58.0 Å². The molecule has 0 spiro atoms. The Bertz CT molecular complexity index is 636. The summed E-state index contributed by atoms with van der Waals surface area (Å²) < 4.78 is 25.2. The Morgan fingerprint density at radius 1 is 0.941 bits per heavy atom. The summed E-state index contributed by atoms with van der Waals surface area (Å²) in [5, 5.41) is 0.512. The normalized spacial score (nSPS) is 11.4. The average Bonchev–Trinajstić information content (AvgIpc) is 2.29. The first-order valence-electron chi connectivity index (χ1n) is 4.76. The van der Waals surface area contributed by atoms with E-state index in [4.69, 9.17) is 11.6 Å². The molecule has 0 heterocycles. The van der Waals surface area contributed by atoms with Crippen molar-refractivity contribution in [2.45, 2.75) is 9.79 Å². The fraction of sp³-hybridized carbons (Fsp3) is 0. The summed E-state index contributed by atoms with van der Waals surface area (Å²) in [5.41, 5.74) is 0. The lowest BCUT2D eigenvalue weighted by molar-refractivity contribution is 0.596. The largest absolute Gasteiger partial charge is 0.219 e. The molecule has 0 atom stereocenters. The van der Waals surface area contributed by atoms with Gasteiger partial charge in [0, 0.05) is 9.50 Å². The number of hydrogen-bond donors (Lipinski definition) is 0. The van der Waals surface area contributed by atoms with Gasteiger partial charge in [-0.1, -0.05) is 33.6 Å². The molecule has 0 bridgehead atoms. The minimum atomic E-state index is -3.47. The first-order valence-corrected chi connectivity index (χ1v) is 7.42. The number of benzene rings is 2. The molecular formula is C12H8BrClO2S. The van der Waals surface area contributed by atoms with Gasteiger partial charge in [0.05, 0.1) is 9.79 Å². The molecule has 2 rings (SSSR count). The van der Waals surface area contributed by atoms with E-state index in [2.05, 4.69) is 15.9 Å². The van der Waals surface area contributed by atoms with Gasteiger partial charge >= 0.3 is 0 Å². The standard InChI is InChI=1S/C12H8BrClO2S/c13-9-2-1-3-12(8-9)17(15,16)11-6-4-10(14)5-7-11/h1-8H. The van der Waals surface area contributed by atoms with Crippen LogP contribution in [0.1, 0.15) is 0 Å². The highest BCUT2D eigenvalue weighted by Crippen LogP contribution is 2.24. The van der Waals surface area contributed by atoms with E-state index in [-0.39, 0.29) is 9.79 Å². The van der Waals surface area contributed by atoms with E-state index in [9.17, 15) is 8.42 Å². The van der Waals surface area contributed by atoms with Gasteiger partial charge in [0.1, 0.15) is 0 Å². The fourth-order valence-electron chi connectivity index (χ4n) is 1.38. The lowest BCUT2D eigenvalue weighted by Gasteiger charge is -2.04. The van der Waals surface area contributed by atoms with Crippen LogP contribution in [0.3, 0.4) is 0 Å². The van der Waals surface area contributed by atoms with E-state index in [0.29, 0.717) is 5.02 Å². The molecule has 17 heavy (non-hydrogen) atoms. The highest BCUT2D eigenvalue weighted by molar-refractivity contribution is 9.10. The predicted octanol–water partition coefficient (Wildman–Crippen LogP) is 3.94. The zero-order valence-electron chi connectivity index (χ0n) is 8.60. The highest BCUT2D eigenvalue weighted by Gasteiger charge is 2.17. The van der Waals surface area contributed by atoms with Crippen LogP contribution in [0.2, 0.25) is 5.02 Å². The van der Waals surface area contributed by atoms with Gasteiger partial charge < -0.3 is 0 Å². The van der Waals surface area contributed by atoms with Crippen LogP contribution in [0, 0.1) is 0 Å². The van der Waals surface area contributed by atoms with Crippen LogP contribution < -0.4 is 0 Å². The topological polar surface area (TPSA) is 34.1 Å². The number of rotatable bonds is 2. The van der Waals surface area contributed by atoms with Gasteiger partial charge in [-0.3, -0.25) is 0 Å². The van der Waals surface area contributed by atoms with Gasteiger partial charge in [-0.15, -0.1) is 0 Å². The summed E-state index contributed by atoms with van der Waals surface area (Å²) in [5.74, 6) is 0. The van der Waals surface area contributed by atoms with Crippen LogP contribution in [-0.4, -0.2) is 8.42 Å². The van der Waals surface area contributed by atoms with Crippen LogP contribution in [0.25, 0.3) is 0 Å². The van der Waals surface area contributed by atoms with Gasteiger partial charge in [-0.2, -0.15) is 0 Å². The second-order valence-corrected chi connectivity index (χ2v) is 6.72. The third kappa shape index (κ3) is 2.70. The van der Waals surface area contributed by atoms with Crippen molar-refractivity contribution >= 4 is 37.4 Å². The maximum atomic E-state index is 12.2. The molecule has 0 fully saturated rings. The summed E-state index contributed by atoms with van der Waals surface area (Å²) in [7, 11) is -3.47. The Labute approximate surface area is 113 Å². The summed E-state index contributed by atoms with van der Waals surface area (Å²) in [4.78, 5) is 0.495. The second-order valence-electron chi connectivity index (χ2n) is 3.41. The zero-order valence-corrected chi connectivity index (χ0v) is 11.8. The summed E-state index contributed by atoms with van der Waals surface area (Å²) in [6.07, 6.45) is 0. The SMILES string of the molecule is O=S(=O)(c1ccc(Cl)cc1)c1cccc(Br)c1. The molecule has 2 aromatic carbocycles. The number of halogens is 2. The molecular weight excluding hydrogens is 324 g/mol. The van der Waals surface area contributed by atoms with Crippen molar-refractivity contribution in [2.24, 2.45) is 0 Å².